The van der Waals surface area contributed by atoms with Gasteiger partial charge in [-0.15, -0.1) is 0 Å². The topological polar surface area (TPSA) is 127 Å². The lowest BCUT2D eigenvalue weighted by atomic mass is 10.0. The lowest BCUT2D eigenvalue weighted by molar-refractivity contribution is 0.0240. The van der Waals surface area contributed by atoms with Gasteiger partial charge in [-0.25, -0.2) is 9.78 Å². The molecule has 5 rings (SSSR count). The van der Waals surface area contributed by atoms with Gasteiger partial charge in [0.15, 0.2) is 5.49 Å². The van der Waals surface area contributed by atoms with Gasteiger partial charge < -0.3 is 24.5 Å². The van der Waals surface area contributed by atoms with Crippen molar-refractivity contribution in [2.24, 2.45) is 4.99 Å². The van der Waals surface area contributed by atoms with Crippen molar-refractivity contribution in [3.8, 4) is 0 Å². The third-order valence-electron chi connectivity index (χ3n) is 8.34. The van der Waals surface area contributed by atoms with Crippen molar-refractivity contribution in [1.82, 2.24) is 24.2 Å². The minimum atomic E-state index is -0.543. The summed E-state index contributed by atoms with van der Waals surface area (Å²) in [5.41, 5.74) is 2.04. The first-order valence-electron chi connectivity index (χ1n) is 15.9. The maximum atomic E-state index is 13.9. The Morgan fingerprint density at radius 2 is 1.87 bits per heavy atom. The van der Waals surface area contributed by atoms with Crippen LogP contribution < -0.4 is 15.9 Å². The number of pyridine rings is 2. The van der Waals surface area contributed by atoms with Gasteiger partial charge >= 0.3 is 6.09 Å². The van der Waals surface area contributed by atoms with Crippen LogP contribution in [0, 0.1) is 6.92 Å². The van der Waals surface area contributed by atoms with Crippen molar-refractivity contribution in [3.05, 3.63) is 58.1 Å². The number of ether oxygens (including phenoxy) is 2. The molecule has 242 valence electrons. The van der Waals surface area contributed by atoms with Crippen LogP contribution in [0.5, 0.6) is 0 Å². The molecule has 0 bridgehead atoms. The van der Waals surface area contributed by atoms with Gasteiger partial charge in [-0.3, -0.25) is 9.36 Å². The molecular weight excluding hydrogens is 574 g/mol. The predicted octanol–water partition coefficient (Wildman–Crippen LogP) is 5.33. The van der Waals surface area contributed by atoms with Crippen molar-refractivity contribution in [2.75, 3.05) is 37.7 Å². The highest BCUT2D eigenvalue weighted by Crippen LogP contribution is 2.33. The van der Waals surface area contributed by atoms with Gasteiger partial charge in [0, 0.05) is 43.8 Å². The van der Waals surface area contributed by atoms with E-state index in [1.54, 1.807) is 27.9 Å². The number of nitrogens with zero attached hydrogens (tertiary/aromatic N) is 7. The zero-order valence-corrected chi connectivity index (χ0v) is 27.1. The number of aryl methyl sites for hydroxylation is 1. The number of hydrogen-bond acceptors (Lipinski definition) is 9. The number of rotatable bonds is 8. The van der Waals surface area contributed by atoms with Crippen molar-refractivity contribution in [3.63, 3.8) is 0 Å². The molecule has 1 amide bonds. The van der Waals surface area contributed by atoms with Crippen molar-refractivity contribution < 1.29 is 19.5 Å². The number of amides is 1. The number of piperazine rings is 1. The summed E-state index contributed by atoms with van der Waals surface area (Å²) >= 11 is 0. The second-order valence-corrected chi connectivity index (χ2v) is 12.8. The summed E-state index contributed by atoms with van der Waals surface area (Å²) in [5.74, 6) is 0.515. The fourth-order valence-corrected chi connectivity index (χ4v) is 5.94. The van der Waals surface area contributed by atoms with Gasteiger partial charge in [-0.1, -0.05) is 32.8 Å². The Kier molecular flexibility index (Phi) is 9.50. The van der Waals surface area contributed by atoms with Crippen LogP contribution >= 0.6 is 0 Å². The Labute approximate surface area is 263 Å². The Morgan fingerprint density at radius 1 is 1.16 bits per heavy atom. The first-order chi connectivity index (χ1) is 21.5. The van der Waals surface area contributed by atoms with Crippen LogP contribution in [0.2, 0.25) is 0 Å². The van der Waals surface area contributed by atoms with Crippen molar-refractivity contribution >= 4 is 34.5 Å². The average Bonchev–Trinajstić information content (AvgIpc) is 3.52. The first kappa shape index (κ1) is 32.1. The molecule has 1 aliphatic carbocycles. The Morgan fingerprint density at radius 3 is 2.51 bits per heavy atom. The molecular formula is C33H45N7O5. The molecule has 1 saturated heterocycles. The number of unbranched alkanes of at least 4 members (excludes halogenated alkanes) is 1. The zero-order valence-electron chi connectivity index (χ0n) is 27.1. The lowest BCUT2D eigenvalue weighted by Gasteiger charge is -2.36. The molecule has 1 N–H and O–H groups in total. The Hall–Kier alpha value is -4.35. The van der Waals surface area contributed by atoms with Gasteiger partial charge in [0.2, 0.25) is 0 Å². The van der Waals surface area contributed by atoms with Gasteiger partial charge in [0.05, 0.1) is 24.1 Å². The van der Waals surface area contributed by atoms with Crippen LogP contribution in [0.15, 0.2) is 40.9 Å². The SMILES string of the molecule is C=C(OCCCC)c1c(C)c2cnc(/N=c3/ccc(N4CCN(C(=O)OC(C)(C)C)CC4)cn3O)nc2n(C2CCCC2)c1=O. The highest BCUT2D eigenvalue weighted by Gasteiger charge is 2.27. The summed E-state index contributed by atoms with van der Waals surface area (Å²) in [6.07, 6.45) is 8.69. The quantitative estimate of drug-likeness (QED) is 0.204. The van der Waals surface area contributed by atoms with E-state index in [9.17, 15) is 14.8 Å². The Bertz CT molecular complexity index is 1690. The molecule has 4 heterocycles. The van der Waals surface area contributed by atoms with Gasteiger partial charge in [0.1, 0.15) is 17.0 Å². The van der Waals surface area contributed by atoms with E-state index in [1.165, 1.54) is 0 Å². The molecule has 1 aliphatic heterocycles. The standard InChI is InChI=1S/C33H45N7O5/c1-7-8-19-44-23(3)28-22(2)26-20-34-31(36-29(26)40(30(28)41)24-11-9-10-12-24)35-27-14-13-25(21-39(27)43)37-15-17-38(18-16-37)32(42)45-33(4,5)6/h13-14,20-21,24,43H,3,7-12,15-19H2,1-2,4-6H3/b35-27-. The number of aromatic nitrogens is 4. The van der Waals surface area contributed by atoms with Crippen molar-refractivity contribution in [1.29, 1.82) is 0 Å². The van der Waals surface area contributed by atoms with Crippen molar-refractivity contribution in [2.45, 2.75) is 84.8 Å². The number of fused-ring (bicyclic) bond motifs is 1. The minimum absolute atomic E-state index is 0.0170. The van der Waals surface area contributed by atoms with E-state index in [2.05, 4.69) is 28.4 Å². The number of anilines is 1. The maximum Gasteiger partial charge on any atom is 0.410 e. The number of hydrogen-bond donors (Lipinski definition) is 1. The fourth-order valence-electron chi connectivity index (χ4n) is 5.94. The summed E-state index contributed by atoms with van der Waals surface area (Å²) in [7, 11) is 0. The first-order valence-corrected chi connectivity index (χ1v) is 15.9. The third-order valence-corrected chi connectivity index (χ3v) is 8.34. The van der Waals surface area contributed by atoms with Gasteiger partial charge in [0.25, 0.3) is 11.5 Å². The third kappa shape index (κ3) is 7.15. The van der Waals surface area contributed by atoms with Crippen LogP contribution in [0.25, 0.3) is 16.8 Å². The zero-order chi connectivity index (χ0) is 32.3. The van der Waals surface area contributed by atoms with Crippen LogP contribution in [0.3, 0.4) is 0 Å². The predicted molar refractivity (Wildman–Crippen MR) is 173 cm³/mol. The summed E-state index contributed by atoms with van der Waals surface area (Å²) in [4.78, 5) is 43.9. The largest absolute Gasteiger partial charge is 0.493 e. The van der Waals surface area contributed by atoms with Crippen LogP contribution in [-0.2, 0) is 9.47 Å². The molecule has 0 atom stereocenters. The molecule has 45 heavy (non-hydrogen) atoms. The monoisotopic (exact) mass is 619 g/mol. The summed E-state index contributed by atoms with van der Waals surface area (Å²) in [6, 6.07) is 3.58. The van der Waals surface area contributed by atoms with E-state index in [-0.39, 0.29) is 29.1 Å². The molecule has 0 aromatic carbocycles. The van der Waals surface area contributed by atoms with Crippen LogP contribution in [0.1, 0.15) is 83.4 Å². The molecule has 3 aromatic heterocycles. The van der Waals surface area contributed by atoms with E-state index >= 15 is 0 Å². The average molecular weight is 620 g/mol. The molecule has 12 nitrogen and oxygen atoms in total. The number of carbonyl (C=O) groups excluding carboxylic acids is 1. The van der Waals surface area contributed by atoms with E-state index in [0.29, 0.717) is 49.8 Å². The molecule has 0 unspecified atom stereocenters. The molecule has 1 saturated carbocycles. The second-order valence-electron chi connectivity index (χ2n) is 12.8. The van der Waals surface area contributed by atoms with E-state index in [1.807, 2.05) is 33.8 Å². The summed E-state index contributed by atoms with van der Waals surface area (Å²) in [5, 5.41) is 11.6. The van der Waals surface area contributed by atoms with E-state index in [0.717, 1.165) is 59.9 Å². The van der Waals surface area contributed by atoms with E-state index < -0.39 is 5.60 Å². The molecule has 2 aliphatic rings. The fraction of sp³-hybridized carbons (Fsp3) is 0.545. The number of carbonyl (C=O) groups is 1. The molecule has 0 radical (unpaired) electrons. The Balaban J connectivity index is 1.43. The molecule has 3 aromatic rings. The summed E-state index contributed by atoms with van der Waals surface area (Å²) < 4.78 is 14.1. The minimum Gasteiger partial charge on any atom is -0.493 e. The van der Waals surface area contributed by atoms with E-state index in [4.69, 9.17) is 14.5 Å². The highest BCUT2D eigenvalue weighted by atomic mass is 16.6. The highest BCUT2D eigenvalue weighted by molar-refractivity contribution is 5.84. The molecule has 12 heteroatoms. The second kappa shape index (κ2) is 13.3. The lowest BCUT2D eigenvalue weighted by Crippen LogP contribution is -2.50. The smallest absolute Gasteiger partial charge is 0.410 e. The van der Waals surface area contributed by atoms with Crippen LogP contribution in [0.4, 0.5) is 16.4 Å². The summed E-state index contributed by atoms with van der Waals surface area (Å²) in [6.45, 7) is 16.3. The van der Waals surface area contributed by atoms with Crippen LogP contribution in [-0.4, -0.2) is 73.9 Å². The van der Waals surface area contributed by atoms with Gasteiger partial charge in [-0.05, 0) is 64.7 Å². The maximum absolute atomic E-state index is 13.9. The normalized spacial score (nSPS) is 16.4. The molecule has 0 spiro atoms. The molecule has 2 fully saturated rings. The van der Waals surface area contributed by atoms with Gasteiger partial charge in [-0.2, -0.15) is 14.7 Å².